The van der Waals surface area contributed by atoms with Crippen LogP contribution in [0.4, 0.5) is 5.69 Å². The molecule has 2 aliphatic rings. The van der Waals surface area contributed by atoms with Crippen molar-refractivity contribution < 1.29 is 19.0 Å². The largest absolute Gasteiger partial charge is 0.490 e. The first-order valence-corrected chi connectivity index (χ1v) is 7.13. The lowest BCUT2D eigenvalue weighted by Gasteiger charge is -2.14. The minimum atomic E-state index is -0.387. The van der Waals surface area contributed by atoms with Crippen LogP contribution in [0.15, 0.2) is 12.1 Å². The molecule has 1 N–H and O–H groups in total. The van der Waals surface area contributed by atoms with Gasteiger partial charge >= 0.3 is 0 Å². The third kappa shape index (κ3) is 2.83. The van der Waals surface area contributed by atoms with Crippen molar-refractivity contribution in [1.29, 1.82) is 0 Å². The van der Waals surface area contributed by atoms with Crippen LogP contribution >= 0.6 is 11.6 Å². The lowest BCUT2D eigenvalue weighted by atomic mass is 10.2. The summed E-state index contributed by atoms with van der Waals surface area (Å²) >= 11 is 6.17. The van der Waals surface area contributed by atoms with Gasteiger partial charge in [-0.2, -0.15) is 0 Å². The summed E-state index contributed by atoms with van der Waals surface area (Å²) in [7, 11) is 0. The van der Waals surface area contributed by atoms with E-state index in [1.165, 1.54) is 0 Å². The molecule has 1 aromatic carbocycles. The standard InChI is InChI=1S/C14H16ClNO4/c15-9-7-12-13(20-6-2-5-19-12)8-10(9)16-14(17)11-3-1-4-18-11/h7-8,11H,1-6H2,(H,16,17). The summed E-state index contributed by atoms with van der Waals surface area (Å²) in [5.41, 5.74) is 0.524. The van der Waals surface area contributed by atoms with Gasteiger partial charge in [0.2, 0.25) is 0 Å². The monoisotopic (exact) mass is 297 g/mol. The lowest BCUT2D eigenvalue weighted by Crippen LogP contribution is -2.27. The van der Waals surface area contributed by atoms with Crippen LogP contribution in [0.5, 0.6) is 11.5 Å². The second-order valence-corrected chi connectivity index (χ2v) is 5.23. The summed E-state index contributed by atoms with van der Waals surface area (Å²) in [6.45, 7) is 1.83. The summed E-state index contributed by atoms with van der Waals surface area (Å²) in [5.74, 6) is 1.05. The molecule has 1 saturated heterocycles. The average molecular weight is 298 g/mol. The molecular weight excluding hydrogens is 282 g/mol. The molecule has 1 unspecified atom stereocenters. The summed E-state index contributed by atoms with van der Waals surface area (Å²) in [6, 6.07) is 3.38. The highest BCUT2D eigenvalue weighted by atomic mass is 35.5. The van der Waals surface area contributed by atoms with E-state index in [1.54, 1.807) is 12.1 Å². The highest BCUT2D eigenvalue weighted by Gasteiger charge is 2.24. The van der Waals surface area contributed by atoms with Gasteiger partial charge in [0.25, 0.3) is 5.91 Å². The van der Waals surface area contributed by atoms with Crippen LogP contribution < -0.4 is 14.8 Å². The molecule has 20 heavy (non-hydrogen) atoms. The fourth-order valence-corrected chi connectivity index (χ4v) is 2.48. The lowest BCUT2D eigenvalue weighted by molar-refractivity contribution is -0.124. The molecule has 1 fully saturated rings. The smallest absolute Gasteiger partial charge is 0.253 e. The Morgan fingerprint density at radius 2 is 1.90 bits per heavy atom. The number of nitrogens with one attached hydrogen (secondary N) is 1. The second-order valence-electron chi connectivity index (χ2n) is 4.82. The van der Waals surface area contributed by atoms with E-state index in [9.17, 15) is 4.79 Å². The van der Waals surface area contributed by atoms with Crippen molar-refractivity contribution >= 4 is 23.2 Å². The molecule has 0 saturated carbocycles. The number of rotatable bonds is 2. The normalized spacial score (nSPS) is 21.4. The number of hydrogen-bond acceptors (Lipinski definition) is 4. The number of anilines is 1. The number of ether oxygens (including phenoxy) is 3. The number of carbonyl (C=O) groups is 1. The maximum absolute atomic E-state index is 12.0. The number of amides is 1. The predicted molar refractivity (Wildman–Crippen MR) is 74.7 cm³/mol. The van der Waals surface area contributed by atoms with Crippen molar-refractivity contribution in [3.8, 4) is 11.5 Å². The van der Waals surface area contributed by atoms with Gasteiger partial charge in [-0.3, -0.25) is 4.79 Å². The molecule has 0 aromatic heterocycles. The fourth-order valence-electron chi connectivity index (χ4n) is 2.28. The maximum atomic E-state index is 12.0. The summed E-state index contributed by atoms with van der Waals surface area (Å²) in [4.78, 5) is 12.0. The van der Waals surface area contributed by atoms with Crippen LogP contribution in [-0.4, -0.2) is 31.8 Å². The first-order valence-electron chi connectivity index (χ1n) is 6.75. The van der Waals surface area contributed by atoms with E-state index in [4.69, 9.17) is 25.8 Å². The minimum absolute atomic E-state index is 0.168. The van der Waals surface area contributed by atoms with Crippen LogP contribution in [-0.2, 0) is 9.53 Å². The van der Waals surface area contributed by atoms with Crippen LogP contribution in [0.25, 0.3) is 0 Å². The van der Waals surface area contributed by atoms with Crippen molar-refractivity contribution in [2.45, 2.75) is 25.4 Å². The first-order chi connectivity index (χ1) is 9.74. The SMILES string of the molecule is O=C(Nc1cc2c(cc1Cl)OCCCO2)C1CCCO1. The van der Waals surface area contributed by atoms with Gasteiger partial charge in [0.15, 0.2) is 11.5 Å². The van der Waals surface area contributed by atoms with Gasteiger partial charge in [0.05, 0.1) is 23.9 Å². The molecule has 0 spiro atoms. The van der Waals surface area contributed by atoms with Crippen molar-refractivity contribution in [1.82, 2.24) is 0 Å². The molecule has 6 heteroatoms. The number of halogens is 1. The Labute approximate surface area is 122 Å². The van der Waals surface area contributed by atoms with Gasteiger partial charge in [0.1, 0.15) is 6.10 Å². The van der Waals surface area contributed by atoms with Crippen molar-refractivity contribution in [3.63, 3.8) is 0 Å². The van der Waals surface area contributed by atoms with Crippen LogP contribution in [0.3, 0.4) is 0 Å². The Balaban J connectivity index is 1.78. The number of carbonyl (C=O) groups excluding carboxylic acids is 1. The molecule has 108 valence electrons. The highest BCUT2D eigenvalue weighted by molar-refractivity contribution is 6.34. The third-order valence-electron chi connectivity index (χ3n) is 3.32. The van der Waals surface area contributed by atoms with Gasteiger partial charge in [-0.1, -0.05) is 11.6 Å². The predicted octanol–water partition coefficient (Wildman–Crippen LogP) is 2.62. The van der Waals surface area contributed by atoms with Gasteiger partial charge < -0.3 is 19.5 Å². The molecule has 3 rings (SSSR count). The van der Waals surface area contributed by atoms with E-state index in [1.807, 2.05) is 0 Å². The molecule has 2 heterocycles. The molecule has 1 atom stereocenters. The van der Waals surface area contributed by atoms with Gasteiger partial charge in [-0.25, -0.2) is 0 Å². The Kier molecular flexibility index (Phi) is 3.98. The number of fused-ring (bicyclic) bond motifs is 1. The van der Waals surface area contributed by atoms with E-state index >= 15 is 0 Å². The maximum Gasteiger partial charge on any atom is 0.253 e. The van der Waals surface area contributed by atoms with Crippen molar-refractivity contribution in [3.05, 3.63) is 17.2 Å². The number of hydrogen-bond donors (Lipinski definition) is 1. The van der Waals surface area contributed by atoms with Gasteiger partial charge in [0, 0.05) is 25.2 Å². The third-order valence-corrected chi connectivity index (χ3v) is 3.63. The zero-order valence-corrected chi connectivity index (χ0v) is 11.7. The molecule has 0 bridgehead atoms. The van der Waals surface area contributed by atoms with Crippen LogP contribution in [0, 0.1) is 0 Å². The zero-order chi connectivity index (χ0) is 13.9. The van der Waals surface area contributed by atoms with Crippen LogP contribution in [0.2, 0.25) is 5.02 Å². The number of benzene rings is 1. The van der Waals surface area contributed by atoms with E-state index in [2.05, 4.69) is 5.32 Å². The topological polar surface area (TPSA) is 56.8 Å². The highest BCUT2D eigenvalue weighted by Crippen LogP contribution is 2.37. The van der Waals surface area contributed by atoms with E-state index < -0.39 is 0 Å². The first kappa shape index (κ1) is 13.5. The Morgan fingerprint density at radius 1 is 1.15 bits per heavy atom. The van der Waals surface area contributed by atoms with Gasteiger partial charge in [-0.05, 0) is 12.8 Å². The molecule has 0 aliphatic carbocycles. The van der Waals surface area contributed by atoms with E-state index in [0.29, 0.717) is 42.0 Å². The minimum Gasteiger partial charge on any atom is -0.490 e. The summed E-state index contributed by atoms with van der Waals surface area (Å²) < 4.78 is 16.5. The molecule has 5 nitrogen and oxygen atoms in total. The summed E-state index contributed by atoms with van der Waals surface area (Å²) in [5, 5.41) is 3.22. The fraction of sp³-hybridized carbons (Fsp3) is 0.500. The second kappa shape index (κ2) is 5.89. The molecular formula is C14H16ClNO4. The summed E-state index contributed by atoms with van der Waals surface area (Å²) in [6.07, 6.45) is 2.09. The quantitative estimate of drug-likeness (QED) is 0.911. The van der Waals surface area contributed by atoms with Gasteiger partial charge in [-0.15, -0.1) is 0 Å². The average Bonchev–Trinajstić information content (AvgIpc) is 2.88. The van der Waals surface area contributed by atoms with Crippen molar-refractivity contribution in [2.75, 3.05) is 25.1 Å². The molecule has 1 amide bonds. The molecule has 0 radical (unpaired) electrons. The van der Waals surface area contributed by atoms with E-state index in [-0.39, 0.29) is 12.0 Å². The zero-order valence-electron chi connectivity index (χ0n) is 11.0. The molecule has 2 aliphatic heterocycles. The molecule has 1 aromatic rings. The Hall–Kier alpha value is -1.46. The Morgan fingerprint density at radius 3 is 2.60 bits per heavy atom. The van der Waals surface area contributed by atoms with Crippen LogP contribution in [0.1, 0.15) is 19.3 Å². The van der Waals surface area contributed by atoms with E-state index in [0.717, 1.165) is 19.3 Å². The van der Waals surface area contributed by atoms with Crippen molar-refractivity contribution in [2.24, 2.45) is 0 Å². The Bertz CT molecular complexity index is 514.